The molecule has 3 N–H and O–H groups in total. The number of non-ortho nitro benzene ring substituents is 1. The van der Waals surface area contributed by atoms with Gasteiger partial charge < -0.3 is 44.3 Å². The molecule has 51 heavy (non-hydrogen) atoms. The second-order valence-electron chi connectivity index (χ2n) is 12.0. The van der Waals surface area contributed by atoms with Gasteiger partial charge in [0.25, 0.3) is 5.91 Å². The van der Waals surface area contributed by atoms with E-state index in [4.69, 9.17) is 28.8 Å². The van der Waals surface area contributed by atoms with E-state index in [2.05, 4.69) is 30.6 Å². The highest BCUT2D eigenvalue weighted by Gasteiger charge is 2.40. The number of carbonyl (C=O) groups excluding carboxylic acids is 2. The van der Waals surface area contributed by atoms with E-state index in [-0.39, 0.29) is 67.8 Å². The summed E-state index contributed by atoms with van der Waals surface area (Å²) in [7, 11) is 3.15. The Morgan fingerprint density at radius 1 is 1.06 bits per heavy atom. The number of hydrogen-bond acceptors (Lipinski definition) is 16. The summed E-state index contributed by atoms with van der Waals surface area (Å²) in [6.07, 6.45) is 3.08. The first-order valence-corrected chi connectivity index (χ1v) is 16.9. The van der Waals surface area contributed by atoms with Crippen molar-refractivity contribution < 1.29 is 47.9 Å². The van der Waals surface area contributed by atoms with Gasteiger partial charge in [-0.25, -0.2) is 14.4 Å². The van der Waals surface area contributed by atoms with Gasteiger partial charge >= 0.3 is 11.7 Å². The molecule has 0 radical (unpaired) electrons. The van der Waals surface area contributed by atoms with E-state index in [1.165, 1.54) is 32.1 Å². The number of benzene rings is 1. The van der Waals surface area contributed by atoms with Crippen LogP contribution in [0.4, 0.5) is 17.1 Å². The summed E-state index contributed by atoms with van der Waals surface area (Å²) in [5.74, 6) is -0.111. The van der Waals surface area contributed by atoms with Gasteiger partial charge in [-0.1, -0.05) is 6.92 Å². The number of aliphatic hydroxyl groups excluding tert-OH is 1. The summed E-state index contributed by atoms with van der Waals surface area (Å²) in [6.45, 7) is 6.80. The van der Waals surface area contributed by atoms with Crippen molar-refractivity contribution in [1.29, 1.82) is 0 Å². The van der Waals surface area contributed by atoms with Crippen LogP contribution < -0.4 is 20.3 Å². The van der Waals surface area contributed by atoms with Crippen LogP contribution in [-0.4, -0.2) is 122 Å². The zero-order chi connectivity index (χ0) is 36.8. The molecule has 1 unspecified atom stereocenters. The number of pyridine rings is 1. The third-order valence-electron chi connectivity index (χ3n) is 8.56. The molecule has 3 heterocycles. The zero-order valence-corrected chi connectivity index (χ0v) is 29.4. The number of methoxy groups -OCH3 is 2. The van der Waals surface area contributed by atoms with E-state index in [1.807, 2.05) is 4.90 Å². The van der Waals surface area contributed by atoms with Crippen LogP contribution in [-0.2, 0) is 23.7 Å². The van der Waals surface area contributed by atoms with Crippen LogP contribution >= 0.6 is 0 Å². The Kier molecular flexibility index (Phi) is 14.7. The van der Waals surface area contributed by atoms with Crippen molar-refractivity contribution in [3.63, 3.8) is 0 Å². The third-order valence-corrected chi connectivity index (χ3v) is 8.56. The summed E-state index contributed by atoms with van der Waals surface area (Å²) < 4.78 is 32.1. The monoisotopic (exact) mass is 717 g/mol. The van der Waals surface area contributed by atoms with Gasteiger partial charge in [0, 0.05) is 52.4 Å². The van der Waals surface area contributed by atoms with Gasteiger partial charge in [0.15, 0.2) is 5.52 Å². The molecule has 0 bridgehead atoms. The molecule has 280 valence electrons. The number of nitro groups is 1. The van der Waals surface area contributed by atoms with Gasteiger partial charge in [-0.05, 0) is 60.6 Å². The fourth-order valence-electron chi connectivity index (χ4n) is 5.18. The lowest BCUT2D eigenvalue weighted by Crippen LogP contribution is -2.55. The van der Waals surface area contributed by atoms with Gasteiger partial charge in [-0.15, -0.1) is 0 Å². The minimum atomic E-state index is -1.33. The third kappa shape index (κ3) is 10.4. The topological polar surface area (TPSA) is 223 Å². The molecule has 0 spiro atoms. The van der Waals surface area contributed by atoms with Crippen LogP contribution in [0.3, 0.4) is 0 Å². The van der Waals surface area contributed by atoms with E-state index < -0.39 is 22.3 Å². The lowest BCUT2D eigenvalue weighted by molar-refractivity contribution is -0.383. The fraction of sp³-hybridized carbons (Fsp3) is 0.606. The van der Waals surface area contributed by atoms with Crippen molar-refractivity contribution in [2.45, 2.75) is 51.2 Å². The van der Waals surface area contributed by atoms with Gasteiger partial charge in [0.05, 0.1) is 50.3 Å². The summed E-state index contributed by atoms with van der Waals surface area (Å²) in [5, 5.41) is 32.6. The Morgan fingerprint density at radius 2 is 1.78 bits per heavy atom. The molecular formula is C33H47N7O11. The predicted molar refractivity (Wildman–Crippen MR) is 184 cm³/mol. The van der Waals surface area contributed by atoms with Crippen LogP contribution in [0.2, 0.25) is 0 Å². The van der Waals surface area contributed by atoms with Gasteiger partial charge in [0.1, 0.15) is 16.9 Å². The molecule has 2 fully saturated rings. The van der Waals surface area contributed by atoms with Crippen molar-refractivity contribution in [2.24, 2.45) is 5.92 Å². The van der Waals surface area contributed by atoms with E-state index in [9.17, 15) is 19.7 Å². The summed E-state index contributed by atoms with van der Waals surface area (Å²) >= 11 is 0. The molecule has 1 saturated carbocycles. The molecule has 1 aliphatic carbocycles. The zero-order valence-electron chi connectivity index (χ0n) is 29.4. The number of anilines is 2. The quantitative estimate of drug-likeness (QED) is 0.0661. The average Bonchev–Trinajstić information content (AvgIpc) is 3.84. The second-order valence-corrected chi connectivity index (χ2v) is 12.0. The highest BCUT2D eigenvalue weighted by atomic mass is 16.6. The highest BCUT2D eigenvalue weighted by molar-refractivity contribution is 5.97. The molecule has 5 rings (SSSR count). The predicted octanol–water partition coefficient (Wildman–Crippen LogP) is 2.74. The Bertz CT molecular complexity index is 1600. The van der Waals surface area contributed by atoms with Gasteiger partial charge in [-0.2, -0.15) is 0 Å². The van der Waals surface area contributed by atoms with Gasteiger partial charge in [0.2, 0.25) is 11.4 Å². The molecule has 1 atom stereocenters. The maximum Gasteiger partial charge on any atom is 0.331 e. The molecule has 18 nitrogen and oxygen atoms in total. The number of amides is 1. The first kappa shape index (κ1) is 39.1. The number of esters is 1. The number of rotatable bonds is 20. The van der Waals surface area contributed by atoms with Crippen LogP contribution in [0.25, 0.3) is 11.0 Å². The van der Waals surface area contributed by atoms with Crippen molar-refractivity contribution in [3.05, 3.63) is 40.1 Å². The Labute approximate surface area is 295 Å². The van der Waals surface area contributed by atoms with E-state index in [0.717, 1.165) is 5.69 Å². The molecule has 18 heteroatoms. The van der Waals surface area contributed by atoms with Crippen molar-refractivity contribution in [2.75, 3.05) is 83.7 Å². The van der Waals surface area contributed by atoms with Crippen molar-refractivity contribution >= 4 is 40.0 Å². The number of nitrogens with one attached hydrogen (secondary N) is 2. The number of aromatic nitrogens is 3. The fourth-order valence-corrected chi connectivity index (χ4v) is 5.18. The van der Waals surface area contributed by atoms with E-state index in [0.29, 0.717) is 50.3 Å². The standard InChI is InChI=1S/C29H39N7O10.C4H8O/c1-5-29(28(38)45-6-2,32-26(37)21-8-10-23(27(31-21)42-4)35-17-19(18-35)41-3)11-13-43-15-16-44-14-12-30-20-7-9-22(36(39)40)25-24(20)33-46-34-25;5-3-4-1-2-4/h7-10,19,30H,5-6,11-18H2,1-4H3,(H,32,37);4-5H,1-3H2. The van der Waals surface area contributed by atoms with Crippen molar-refractivity contribution in [1.82, 2.24) is 20.6 Å². The van der Waals surface area contributed by atoms with Gasteiger partial charge in [-0.3, -0.25) is 14.9 Å². The molecule has 1 saturated heterocycles. The maximum absolute atomic E-state index is 13.3. The molecule has 1 aromatic carbocycles. The number of nitrogens with zero attached hydrogens (tertiary/aromatic N) is 5. The second kappa shape index (κ2) is 19.1. The average molecular weight is 718 g/mol. The van der Waals surface area contributed by atoms with E-state index in [1.54, 1.807) is 33.1 Å². The molecule has 2 aliphatic rings. The van der Waals surface area contributed by atoms with Crippen LogP contribution in [0.15, 0.2) is 28.9 Å². The van der Waals surface area contributed by atoms with Crippen LogP contribution in [0.1, 0.15) is 50.0 Å². The number of nitro benzene ring substituents is 1. The Balaban J connectivity index is 0.00000107. The van der Waals surface area contributed by atoms with Crippen LogP contribution in [0, 0.1) is 16.0 Å². The molecule has 1 amide bonds. The first-order chi connectivity index (χ1) is 24.7. The SMILES string of the molecule is CCOC(=O)C(CC)(CCOCCOCCNc1ccc([N+](=O)[O-])c2nonc12)NC(=O)c1ccc(N2CC(OC)C2)c(OC)n1.OCC1CC1. The summed E-state index contributed by atoms with van der Waals surface area (Å²) in [6, 6.07) is 6.21. The number of ether oxygens (including phenoxy) is 5. The highest BCUT2D eigenvalue weighted by Crippen LogP contribution is 2.31. The molecule has 1 aliphatic heterocycles. The maximum atomic E-state index is 13.3. The number of hydrogen-bond donors (Lipinski definition) is 3. The number of fused-ring (bicyclic) bond motifs is 1. The molecular weight excluding hydrogens is 670 g/mol. The summed E-state index contributed by atoms with van der Waals surface area (Å²) in [5.41, 5.74) is 0.165. The lowest BCUT2D eigenvalue weighted by Gasteiger charge is -2.40. The largest absolute Gasteiger partial charge is 0.480 e. The molecule has 2 aromatic heterocycles. The first-order valence-electron chi connectivity index (χ1n) is 16.9. The lowest BCUT2D eigenvalue weighted by atomic mass is 9.92. The Morgan fingerprint density at radius 3 is 2.39 bits per heavy atom. The van der Waals surface area contributed by atoms with Crippen LogP contribution in [0.5, 0.6) is 5.88 Å². The number of aliphatic hydroxyl groups is 1. The van der Waals surface area contributed by atoms with E-state index >= 15 is 0 Å². The Hall–Kier alpha value is -4.65. The molecule has 3 aromatic rings. The number of carbonyl (C=O) groups is 2. The smallest absolute Gasteiger partial charge is 0.331 e. The normalized spacial score (nSPS) is 15.3. The minimum absolute atomic E-state index is 0.0588. The minimum Gasteiger partial charge on any atom is -0.480 e. The van der Waals surface area contributed by atoms with Crippen molar-refractivity contribution in [3.8, 4) is 5.88 Å². The summed E-state index contributed by atoms with van der Waals surface area (Å²) in [4.78, 5) is 43.4.